The Kier molecular flexibility index (Phi) is 6.68. The molecule has 0 atom stereocenters. The number of anilines is 1. The maximum absolute atomic E-state index is 13.7. The van der Waals surface area contributed by atoms with Crippen LogP contribution >= 0.6 is 12.8 Å². The van der Waals surface area contributed by atoms with Crippen LogP contribution in [0.3, 0.4) is 0 Å². The number of hydrogen-bond donors (Lipinski definition) is 3. The first kappa shape index (κ1) is 23.9. The van der Waals surface area contributed by atoms with E-state index in [1.54, 1.807) is 42.9 Å². The number of hydrogen-bond acceptors (Lipinski definition) is 7. The summed E-state index contributed by atoms with van der Waals surface area (Å²) in [6.45, 7) is 2.57. The fraction of sp³-hybridized carbons (Fsp3) is 0.200. The van der Waals surface area contributed by atoms with E-state index in [9.17, 15) is 9.18 Å². The molecule has 1 fully saturated rings. The Morgan fingerprint density at radius 3 is 2.47 bits per heavy atom. The summed E-state index contributed by atoms with van der Waals surface area (Å²) in [6, 6.07) is 12.4. The average molecular weight is 507 g/mol. The van der Waals surface area contributed by atoms with E-state index in [4.69, 9.17) is 14.5 Å². The summed E-state index contributed by atoms with van der Waals surface area (Å²) in [5.41, 5.74) is 3.07. The molecule has 184 valence electrons. The van der Waals surface area contributed by atoms with Crippen LogP contribution in [-0.2, 0) is 15.4 Å². The van der Waals surface area contributed by atoms with Gasteiger partial charge in [0.2, 0.25) is 0 Å². The van der Waals surface area contributed by atoms with Crippen molar-refractivity contribution in [2.75, 3.05) is 18.5 Å². The highest BCUT2D eigenvalue weighted by molar-refractivity contribution is 7.78. The first-order valence-corrected chi connectivity index (χ1v) is 11.6. The van der Waals surface area contributed by atoms with E-state index in [0.717, 1.165) is 9.87 Å². The number of aromatic nitrogens is 4. The van der Waals surface area contributed by atoms with E-state index < -0.39 is 11.9 Å². The lowest BCUT2D eigenvalue weighted by molar-refractivity contribution is -0.331. The molecule has 4 aromatic rings. The predicted octanol–water partition coefficient (Wildman–Crippen LogP) is 4.84. The second-order valence-corrected chi connectivity index (χ2v) is 8.74. The van der Waals surface area contributed by atoms with Crippen LogP contribution < -0.4 is 5.32 Å². The number of thiol groups is 1. The highest BCUT2D eigenvalue weighted by Gasteiger charge is 2.49. The molecule has 9 nitrogen and oxygen atoms in total. The van der Waals surface area contributed by atoms with Gasteiger partial charge < -0.3 is 19.8 Å². The van der Waals surface area contributed by atoms with Gasteiger partial charge in [0.1, 0.15) is 5.82 Å². The van der Waals surface area contributed by atoms with Gasteiger partial charge in [-0.15, -0.1) is 0 Å². The van der Waals surface area contributed by atoms with Crippen molar-refractivity contribution in [1.82, 2.24) is 24.2 Å². The van der Waals surface area contributed by atoms with E-state index in [1.165, 1.54) is 18.3 Å². The van der Waals surface area contributed by atoms with E-state index >= 15 is 0 Å². The van der Waals surface area contributed by atoms with E-state index in [0.29, 0.717) is 35.9 Å². The number of carbonyl (C=O) groups excluding carboxylic acids is 1. The van der Waals surface area contributed by atoms with Gasteiger partial charge in [-0.3, -0.25) is 9.97 Å². The molecule has 0 saturated carbocycles. The molecule has 4 heterocycles. The number of aromatic amines is 1. The van der Waals surface area contributed by atoms with Gasteiger partial charge in [0.05, 0.1) is 36.5 Å². The zero-order valence-corrected chi connectivity index (χ0v) is 20.2. The van der Waals surface area contributed by atoms with Gasteiger partial charge in [0, 0.05) is 35.6 Å². The van der Waals surface area contributed by atoms with Gasteiger partial charge >= 0.3 is 11.9 Å². The molecule has 2 amide bonds. The maximum Gasteiger partial charge on any atom is 0.336 e. The number of rotatable bonds is 5. The number of urea groups is 1. The Morgan fingerprint density at radius 1 is 1.08 bits per heavy atom. The summed E-state index contributed by atoms with van der Waals surface area (Å²) in [4.78, 5) is 29.4. The number of nitrogens with one attached hydrogen (secondary N) is 2. The second kappa shape index (κ2) is 10.1. The quantitative estimate of drug-likeness (QED) is 0.335. The Balaban J connectivity index is 1.60. The molecule has 5 rings (SSSR count). The van der Waals surface area contributed by atoms with Crippen molar-refractivity contribution in [3.05, 3.63) is 85.0 Å². The number of pyridine rings is 2. The highest BCUT2D eigenvalue weighted by atomic mass is 32.1. The number of halogens is 1. The molecule has 1 aliphatic heterocycles. The fourth-order valence-electron chi connectivity index (χ4n) is 3.77. The summed E-state index contributed by atoms with van der Waals surface area (Å²) < 4.78 is 26.9. The van der Waals surface area contributed by atoms with Crippen LogP contribution in [0.2, 0.25) is 0 Å². The molecule has 3 aromatic heterocycles. The molecule has 11 heteroatoms. The smallest absolute Gasteiger partial charge is 0.335 e. The van der Waals surface area contributed by atoms with Crippen molar-refractivity contribution in [2.45, 2.75) is 12.8 Å². The number of benzene rings is 1. The van der Waals surface area contributed by atoms with Crippen LogP contribution in [0.1, 0.15) is 12.7 Å². The topological polar surface area (TPSA) is 105 Å². The Hall–Kier alpha value is -3.80. The maximum atomic E-state index is 13.7. The van der Waals surface area contributed by atoms with Gasteiger partial charge in [-0.25, -0.2) is 18.5 Å². The summed E-state index contributed by atoms with van der Waals surface area (Å²) in [7, 11) is 0. The van der Waals surface area contributed by atoms with Crippen molar-refractivity contribution in [2.24, 2.45) is 5.92 Å². The lowest BCUT2D eigenvalue weighted by atomic mass is 10.1. The minimum Gasteiger partial charge on any atom is -0.335 e. The first-order valence-electron chi connectivity index (χ1n) is 11.2. The number of imidazole rings is 1. The number of ether oxygens (including phenoxy) is 2. The first-order chi connectivity index (χ1) is 17.5. The standard InChI is InChI=1S/C25H23FN6O3S/c1-16-14-34-25(35-15-16,32(36)24(33)29-20-3-2-10-28-13-20)23-30-21(17-4-6-19(26)7-5-17)22(31-23)18-8-11-27-12-9-18/h2-13,16,36H,14-15H2,1H3,(H,29,33)(H,30,31). The van der Waals surface area contributed by atoms with Crippen molar-refractivity contribution < 1.29 is 18.7 Å². The molecule has 1 saturated heterocycles. The summed E-state index contributed by atoms with van der Waals surface area (Å²) in [5, 5.41) is 2.73. The molecule has 1 aromatic carbocycles. The zero-order valence-electron chi connectivity index (χ0n) is 19.3. The molecule has 2 N–H and O–H groups in total. The van der Waals surface area contributed by atoms with Crippen molar-refractivity contribution in [3.8, 4) is 22.5 Å². The molecule has 0 bridgehead atoms. The third kappa shape index (κ3) is 4.68. The molecule has 36 heavy (non-hydrogen) atoms. The van der Waals surface area contributed by atoms with Crippen LogP contribution in [-0.4, -0.2) is 43.5 Å². The normalized spacial score (nSPS) is 19.6. The number of carbonyl (C=O) groups is 1. The summed E-state index contributed by atoms with van der Waals surface area (Å²) in [5.74, 6) is -1.83. The Bertz CT molecular complexity index is 1330. The van der Waals surface area contributed by atoms with Gasteiger partial charge in [-0.05, 0) is 48.5 Å². The van der Waals surface area contributed by atoms with Crippen LogP contribution in [0.5, 0.6) is 0 Å². The van der Waals surface area contributed by atoms with Crippen molar-refractivity contribution in [1.29, 1.82) is 0 Å². The molecule has 0 spiro atoms. The van der Waals surface area contributed by atoms with Gasteiger partial charge in [0.25, 0.3) is 0 Å². The van der Waals surface area contributed by atoms with Crippen LogP contribution in [0.4, 0.5) is 14.9 Å². The van der Waals surface area contributed by atoms with Crippen molar-refractivity contribution >= 4 is 24.5 Å². The van der Waals surface area contributed by atoms with Crippen LogP contribution in [0.25, 0.3) is 22.5 Å². The summed E-state index contributed by atoms with van der Waals surface area (Å²) in [6.07, 6.45) is 6.42. The monoisotopic (exact) mass is 506 g/mol. The molecule has 1 aliphatic rings. The van der Waals surface area contributed by atoms with Crippen LogP contribution in [0.15, 0.2) is 73.3 Å². The lowest BCUT2D eigenvalue weighted by Gasteiger charge is -2.41. The number of amides is 2. The number of H-pyrrole nitrogens is 1. The highest BCUT2D eigenvalue weighted by Crippen LogP contribution is 2.40. The number of nitrogens with zero attached hydrogens (tertiary/aromatic N) is 4. The minimum atomic E-state index is -1.76. The average Bonchev–Trinajstić information content (AvgIpc) is 3.36. The SMILES string of the molecule is CC1COC(c2nc(-c3ccc(F)cc3)c(-c3ccncc3)[nH]2)(N(S)C(=O)Nc2cccnc2)OC1. The second-order valence-electron chi connectivity index (χ2n) is 8.34. The van der Waals surface area contributed by atoms with Crippen molar-refractivity contribution in [3.63, 3.8) is 0 Å². The molecule has 0 unspecified atom stereocenters. The van der Waals surface area contributed by atoms with E-state index in [1.807, 2.05) is 19.1 Å². The molecule has 0 radical (unpaired) electrons. The minimum absolute atomic E-state index is 0.0902. The van der Waals surface area contributed by atoms with E-state index in [-0.39, 0.29) is 17.6 Å². The zero-order chi connectivity index (χ0) is 25.1. The molecular weight excluding hydrogens is 483 g/mol. The Labute approximate surface area is 212 Å². The van der Waals surface area contributed by atoms with Gasteiger partial charge in [-0.2, -0.15) is 0 Å². The fourth-order valence-corrected chi connectivity index (χ4v) is 4.03. The molecule has 0 aliphatic carbocycles. The van der Waals surface area contributed by atoms with E-state index in [2.05, 4.69) is 33.1 Å². The molecular formula is C25H23FN6O3S. The van der Waals surface area contributed by atoms with Gasteiger partial charge in [0.15, 0.2) is 5.82 Å². The Morgan fingerprint density at radius 2 is 1.81 bits per heavy atom. The lowest BCUT2D eigenvalue weighted by Crippen LogP contribution is -2.54. The summed E-state index contributed by atoms with van der Waals surface area (Å²) >= 11 is 4.49. The van der Waals surface area contributed by atoms with Crippen LogP contribution in [0, 0.1) is 11.7 Å². The third-order valence-corrected chi connectivity index (χ3v) is 6.05. The predicted molar refractivity (Wildman–Crippen MR) is 134 cm³/mol. The van der Waals surface area contributed by atoms with Gasteiger partial charge in [-0.1, -0.05) is 19.7 Å². The third-order valence-electron chi connectivity index (χ3n) is 5.60. The largest absolute Gasteiger partial charge is 0.336 e.